The van der Waals surface area contributed by atoms with E-state index >= 15 is 0 Å². The molecule has 0 unspecified atom stereocenters. The monoisotopic (exact) mass is 385 g/mol. The fourth-order valence-electron chi connectivity index (χ4n) is 2.79. The van der Waals surface area contributed by atoms with Gasteiger partial charge in [-0.3, -0.25) is 9.59 Å². The Bertz CT molecular complexity index is 919. The summed E-state index contributed by atoms with van der Waals surface area (Å²) in [7, 11) is 2.76. The number of methoxy groups -OCH3 is 2. The number of ketones is 1. The Labute approximate surface area is 163 Å². The zero-order valence-corrected chi connectivity index (χ0v) is 16.3. The summed E-state index contributed by atoms with van der Waals surface area (Å²) in [6.45, 7) is 3.75. The highest BCUT2D eigenvalue weighted by Crippen LogP contribution is 2.36. The van der Waals surface area contributed by atoms with Crippen molar-refractivity contribution in [3.8, 4) is 11.5 Å². The zero-order chi connectivity index (χ0) is 20.8. The number of aromatic carboxylic acids is 1. The predicted molar refractivity (Wildman–Crippen MR) is 105 cm³/mol. The number of carbonyl (C=O) groups excluding carboxylic acids is 2. The molecule has 2 aromatic carbocycles. The second-order valence-corrected chi connectivity index (χ2v) is 6.35. The molecule has 0 aliphatic rings. The summed E-state index contributed by atoms with van der Waals surface area (Å²) in [5.41, 5.74) is 2.54. The standard InChI is InChI=1S/C21H23NO6/c1-12-5-6-13(2)15(9-12)17(23)7-8-19(24)22-16-10-14(21(25)26)11-18(27-3)20(16)28-4/h5-6,9-11H,7-8H2,1-4H3,(H,22,24)(H,25,26). The van der Waals surface area contributed by atoms with Gasteiger partial charge in [0.2, 0.25) is 5.91 Å². The number of hydrogen-bond donors (Lipinski definition) is 2. The average molecular weight is 385 g/mol. The first kappa shape index (κ1) is 21.0. The first-order valence-corrected chi connectivity index (χ1v) is 8.66. The topological polar surface area (TPSA) is 102 Å². The van der Waals surface area contributed by atoms with E-state index in [1.165, 1.54) is 26.4 Å². The number of benzene rings is 2. The maximum Gasteiger partial charge on any atom is 0.335 e. The van der Waals surface area contributed by atoms with E-state index in [0.29, 0.717) is 5.56 Å². The molecule has 7 heteroatoms. The van der Waals surface area contributed by atoms with E-state index in [1.54, 1.807) is 6.07 Å². The van der Waals surface area contributed by atoms with Crippen LogP contribution >= 0.6 is 0 Å². The van der Waals surface area contributed by atoms with Crippen LogP contribution < -0.4 is 14.8 Å². The highest BCUT2D eigenvalue weighted by atomic mass is 16.5. The summed E-state index contributed by atoms with van der Waals surface area (Å²) in [5, 5.41) is 11.8. The van der Waals surface area contributed by atoms with Crippen molar-refractivity contribution in [1.29, 1.82) is 0 Å². The number of carbonyl (C=O) groups is 3. The Morgan fingerprint density at radius 2 is 1.71 bits per heavy atom. The van der Waals surface area contributed by atoms with Crippen molar-refractivity contribution in [3.05, 3.63) is 52.6 Å². The molecule has 0 saturated carbocycles. The van der Waals surface area contributed by atoms with Crippen molar-refractivity contribution in [2.45, 2.75) is 26.7 Å². The second-order valence-electron chi connectivity index (χ2n) is 6.35. The Morgan fingerprint density at radius 1 is 1.00 bits per heavy atom. The number of nitrogens with one attached hydrogen (secondary N) is 1. The van der Waals surface area contributed by atoms with Gasteiger partial charge in [-0.05, 0) is 37.6 Å². The van der Waals surface area contributed by atoms with E-state index in [-0.39, 0.29) is 41.4 Å². The molecule has 7 nitrogen and oxygen atoms in total. The summed E-state index contributed by atoms with van der Waals surface area (Å²) in [5.74, 6) is -1.32. The fourth-order valence-corrected chi connectivity index (χ4v) is 2.79. The highest BCUT2D eigenvalue weighted by Gasteiger charge is 2.18. The molecule has 148 valence electrons. The largest absolute Gasteiger partial charge is 0.493 e. The molecule has 0 aliphatic heterocycles. The van der Waals surface area contributed by atoms with Crippen molar-refractivity contribution >= 4 is 23.3 Å². The van der Waals surface area contributed by atoms with E-state index in [9.17, 15) is 19.5 Å². The van der Waals surface area contributed by atoms with Crippen LogP contribution in [0.1, 0.15) is 44.7 Å². The number of hydrogen-bond acceptors (Lipinski definition) is 5. The van der Waals surface area contributed by atoms with E-state index in [2.05, 4.69) is 5.32 Å². The van der Waals surface area contributed by atoms with Gasteiger partial charge in [0.1, 0.15) is 0 Å². The molecular formula is C21H23NO6. The molecule has 1 amide bonds. The first-order chi connectivity index (χ1) is 13.3. The van der Waals surface area contributed by atoms with Gasteiger partial charge in [0, 0.05) is 18.4 Å². The molecule has 0 saturated heterocycles. The molecule has 0 aliphatic carbocycles. The fraction of sp³-hybridized carbons (Fsp3) is 0.286. The van der Waals surface area contributed by atoms with E-state index in [4.69, 9.17) is 9.47 Å². The summed E-state index contributed by atoms with van der Waals surface area (Å²) in [4.78, 5) is 36.1. The van der Waals surface area contributed by atoms with Crippen LogP contribution in [0, 0.1) is 13.8 Å². The second kappa shape index (κ2) is 9.03. The van der Waals surface area contributed by atoms with E-state index in [1.807, 2.05) is 26.0 Å². The lowest BCUT2D eigenvalue weighted by atomic mass is 9.99. The van der Waals surface area contributed by atoms with Crippen molar-refractivity contribution in [3.63, 3.8) is 0 Å². The molecule has 0 bridgehead atoms. The molecular weight excluding hydrogens is 362 g/mol. The third-order valence-corrected chi connectivity index (χ3v) is 4.27. The van der Waals surface area contributed by atoms with Crippen LogP contribution in [0.5, 0.6) is 11.5 Å². The number of carboxylic acid groups (broad SMARTS) is 1. The Morgan fingerprint density at radius 3 is 2.32 bits per heavy atom. The number of carboxylic acids is 1. The van der Waals surface area contributed by atoms with Crippen LogP contribution in [0.2, 0.25) is 0 Å². The van der Waals surface area contributed by atoms with Gasteiger partial charge in [-0.25, -0.2) is 4.79 Å². The number of ether oxygens (including phenoxy) is 2. The Kier molecular flexibility index (Phi) is 6.76. The molecule has 0 fully saturated rings. The third-order valence-electron chi connectivity index (χ3n) is 4.27. The summed E-state index contributed by atoms with van der Waals surface area (Å²) < 4.78 is 10.4. The van der Waals surface area contributed by atoms with Crippen LogP contribution in [0.3, 0.4) is 0 Å². The predicted octanol–water partition coefficient (Wildman–Crippen LogP) is 3.62. The summed E-state index contributed by atoms with van der Waals surface area (Å²) in [6.07, 6.45) is -0.0107. The summed E-state index contributed by atoms with van der Waals surface area (Å²) in [6, 6.07) is 8.19. The first-order valence-electron chi connectivity index (χ1n) is 8.66. The molecule has 0 spiro atoms. The Hall–Kier alpha value is -3.35. The normalized spacial score (nSPS) is 10.3. The quantitative estimate of drug-likeness (QED) is 0.673. The maximum atomic E-state index is 12.4. The molecule has 0 radical (unpaired) electrons. The van der Waals surface area contributed by atoms with Gasteiger partial charge in [0.25, 0.3) is 0 Å². The third kappa shape index (κ3) is 4.88. The van der Waals surface area contributed by atoms with Gasteiger partial charge >= 0.3 is 5.97 Å². The Balaban J connectivity index is 2.14. The summed E-state index contributed by atoms with van der Waals surface area (Å²) >= 11 is 0. The number of rotatable bonds is 8. The molecule has 28 heavy (non-hydrogen) atoms. The minimum atomic E-state index is -1.17. The SMILES string of the molecule is COc1cc(C(=O)O)cc(NC(=O)CCC(=O)c2cc(C)ccc2C)c1OC. The molecule has 2 rings (SSSR count). The van der Waals surface area contributed by atoms with Gasteiger partial charge in [0.15, 0.2) is 17.3 Å². The van der Waals surface area contributed by atoms with Crippen LogP contribution in [0.15, 0.2) is 30.3 Å². The average Bonchev–Trinajstić information content (AvgIpc) is 2.67. The molecule has 0 aromatic heterocycles. The highest BCUT2D eigenvalue weighted by molar-refractivity contribution is 6.02. The molecule has 2 aromatic rings. The van der Waals surface area contributed by atoms with Gasteiger partial charge in [-0.15, -0.1) is 0 Å². The lowest BCUT2D eigenvalue weighted by Gasteiger charge is -2.15. The minimum absolute atomic E-state index is 0.0359. The number of anilines is 1. The van der Waals surface area contributed by atoms with Crippen LogP contribution in [-0.4, -0.2) is 37.0 Å². The van der Waals surface area contributed by atoms with Crippen molar-refractivity contribution in [2.75, 3.05) is 19.5 Å². The van der Waals surface area contributed by atoms with Crippen LogP contribution in [0.4, 0.5) is 5.69 Å². The molecule has 0 atom stereocenters. The van der Waals surface area contributed by atoms with Crippen molar-refractivity contribution < 1.29 is 29.0 Å². The van der Waals surface area contributed by atoms with Gasteiger partial charge < -0.3 is 19.9 Å². The van der Waals surface area contributed by atoms with Gasteiger partial charge in [-0.1, -0.05) is 17.7 Å². The zero-order valence-electron chi connectivity index (χ0n) is 16.3. The molecule has 0 heterocycles. The van der Waals surface area contributed by atoms with Crippen LogP contribution in [0.25, 0.3) is 0 Å². The lowest BCUT2D eigenvalue weighted by molar-refractivity contribution is -0.116. The number of amides is 1. The van der Waals surface area contributed by atoms with E-state index in [0.717, 1.165) is 11.1 Å². The minimum Gasteiger partial charge on any atom is -0.493 e. The lowest BCUT2D eigenvalue weighted by Crippen LogP contribution is -2.15. The maximum absolute atomic E-state index is 12.4. The number of aryl methyl sites for hydroxylation is 2. The van der Waals surface area contributed by atoms with Crippen LogP contribution in [-0.2, 0) is 4.79 Å². The number of Topliss-reactive ketones (excluding diaryl/α,β-unsaturated/α-hetero) is 1. The smallest absolute Gasteiger partial charge is 0.335 e. The van der Waals surface area contributed by atoms with E-state index < -0.39 is 11.9 Å². The van der Waals surface area contributed by atoms with Crippen molar-refractivity contribution in [2.24, 2.45) is 0 Å². The molecule has 2 N–H and O–H groups in total. The van der Waals surface area contributed by atoms with Gasteiger partial charge in [-0.2, -0.15) is 0 Å². The van der Waals surface area contributed by atoms with Gasteiger partial charge in [0.05, 0.1) is 25.5 Å². The van der Waals surface area contributed by atoms with Crippen molar-refractivity contribution in [1.82, 2.24) is 0 Å².